The molecule has 0 bridgehead atoms. The van der Waals surface area contributed by atoms with Crippen molar-refractivity contribution >= 4 is 10.4 Å². The zero-order valence-corrected chi connectivity index (χ0v) is 23.8. The highest BCUT2D eigenvalue weighted by atomic mass is 32.3. The lowest BCUT2D eigenvalue weighted by atomic mass is 9.72. The topological polar surface area (TPSA) is 119 Å². The molecule has 0 atom stereocenters. The number of hydrogen-bond acceptors (Lipinski definition) is 9. The van der Waals surface area contributed by atoms with Gasteiger partial charge in [-0.3, -0.25) is 4.55 Å². The van der Waals surface area contributed by atoms with Gasteiger partial charge < -0.3 is 28.4 Å². The molecule has 216 valence electrons. The van der Waals surface area contributed by atoms with Gasteiger partial charge in [0, 0.05) is 0 Å². The maximum absolute atomic E-state index is 10.3. The third kappa shape index (κ3) is 19.4. The van der Waals surface area contributed by atoms with Crippen molar-refractivity contribution in [3.63, 3.8) is 0 Å². The van der Waals surface area contributed by atoms with E-state index in [0.29, 0.717) is 59.5 Å². The van der Waals surface area contributed by atoms with Crippen LogP contribution in [0.15, 0.2) is 24.3 Å². The zero-order valence-electron chi connectivity index (χ0n) is 23.0. The summed E-state index contributed by atoms with van der Waals surface area (Å²) in [6.45, 7) is 15.5. The average molecular weight is 551 g/mol. The molecule has 0 radical (unpaired) electrons. The van der Waals surface area contributed by atoms with Gasteiger partial charge in [0.1, 0.15) is 12.4 Å². The number of benzene rings is 1. The minimum absolute atomic E-state index is 0.0398. The number of ether oxygens (including phenoxy) is 6. The highest BCUT2D eigenvalue weighted by Gasteiger charge is 2.27. The lowest BCUT2D eigenvalue weighted by Gasteiger charge is -2.33. The Balaban J connectivity index is 1.90. The van der Waals surface area contributed by atoms with Crippen molar-refractivity contribution in [2.24, 2.45) is 5.41 Å². The van der Waals surface area contributed by atoms with Crippen molar-refractivity contribution in [2.75, 3.05) is 79.3 Å². The van der Waals surface area contributed by atoms with Gasteiger partial charge in [-0.25, -0.2) is 4.18 Å². The fourth-order valence-corrected chi connectivity index (χ4v) is 4.11. The van der Waals surface area contributed by atoms with Crippen LogP contribution in [0, 0.1) is 5.41 Å². The smallest absolute Gasteiger partial charge is 0.397 e. The molecule has 1 N–H and O–H groups in total. The van der Waals surface area contributed by atoms with E-state index >= 15 is 0 Å². The maximum atomic E-state index is 10.3. The Morgan fingerprint density at radius 2 is 1.00 bits per heavy atom. The molecule has 11 heteroatoms. The van der Waals surface area contributed by atoms with E-state index in [9.17, 15) is 8.42 Å². The van der Waals surface area contributed by atoms with Gasteiger partial charge in [-0.1, -0.05) is 46.8 Å². The lowest BCUT2D eigenvalue weighted by Crippen LogP contribution is -2.24. The maximum Gasteiger partial charge on any atom is 0.397 e. The molecule has 0 aromatic heterocycles. The molecule has 37 heavy (non-hydrogen) atoms. The summed E-state index contributed by atoms with van der Waals surface area (Å²) < 4.78 is 65.7. The molecule has 0 spiro atoms. The van der Waals surface area contributed by atoms with Crippen LogP contribution in [0.1, 0.15) is 46.6 Å². The van der Waals surface area contributed by atoms with Crippen LogP contribution in [-0.2, 0) is 43.7 Å². The molecule has 10 nitrogen and oxygen atoms in total. The molecule has 1 rings (SSSR count). The van der Waals surface area contributed by atoms with Gasteiger partial charge >= 0.3 is 10.4 Å². The Kier molecular flexibility index (Phi) is 16.5. The summed E-state index contributed by atoms with van der Waals surface area (Å²) >= 11 is 0. The number of hydrogen-bond donors (Lipinski definition) is 1. The summed E-state index contributed by atoms with van der Waals surface area (Å²) in [6.07, 6.45) is 1.11. The molecule has 0 aliphatic carbocycles. The van der Waals surface area contributed by atoms with Crippen LogP contribution >= 0.6 is 0 Å². The molecular weight excluding hydrogens is 504 g/mol. The largest absolute Gasteiger partial charge is 0.491 e. The van der Waals surface area contributed by atoms with E-state index in [-0.39, 0.29) is 30.7 Å². The summed E-state index contributed by atoms with van der Waals surface area (Å²) in [5.74, 6) is 0.842. The van der Waals surface area contributed by atoms with Crippen molar-refractivity contribution in [2.45, 2.75) is 46.5 Å². The molecule has 0 unspecified atom stereocenters. The van der Waals surface area contributed by atoms with Crippen LogP contribution in [0.3, 0.4) is 0 Å². The van der Waals surface area contributed by atoms with E-state index in [4.69, 9.17) is 33.0 Å². The second-order valence-electron chi connectivity index (χ2n) is 10.3. The molecule has 0 aliphatic heterocycles. The molecule has 0 aliphatic rings. The normalized spacial score (nSPS) is 12.7. The van der Waals surface area contributed by atoms with Crippen molar-refractivity contribution in [3.05, 3.63) is 29.8 Å². The molecular formula is C26H46O10S. The predicted molar refractivity (Wildman–Crippen MR) is 141 cm³/mol. The molecule has 0 fully saturated rings. The van der Waals surface area contributed by atoms with Crippen molar-refractivity contribution in [1.29, 1.82) is 0 Å². The Morgan fingerprint density at radius 3 is 1.38 bits per heavy atom. The van der Waals surface area contributed by atoms with E-state index in [1.54, 1.807) is 0 Å². The quantitative estimate of drug-likeness (QED) is 0.169. The first kappa shape index (κ1) is 33.7. The summed E-state index contributed by atoms with van der Waals surface area (Å²) in [5.41, 5.74) is 1.70. The highest BCUT2D eigenvalue weighted by Crippen LogP contribution is 2.36. The minimum Gasteiger partial charge on any atom is -0.491 e. The molecule has 0 heterocycles. The first-order valence-electron chi connectivity index (χ1n) is 12.6. The number of rotatable bonds is 22. The third-order valence-corrected chi connectivity index (χ3v) is 5.52. The van der Waals surface area contributed by atoms with E-state index in [1.165, 1.54) is 5.56 Å². The highest BCUT2D eigenvalue weighted by molar-refractivity contribution is 7.80. The second-order valence-corrected chi connectivity index (χ2v) is 11.4. The van der Waals surface area contributed by atoms with E-state index in [1.807, 2.05) is 12.1 Å². The minimum atomic E-state index is -4.41. The summed E-state index contributed by atoms with van der Waals surface area (Å²) in [4.78, 5) is 0. The van der Waals surface area contributed by atoms with E-state index in [2.05, 4.69) is 50.9 Å². The van der Waals surface area contributed by atoms with Crippen LogP contribution in [0.2, 0.25) is 0 Å². The molecule has 1 aromatic rings. The zero-order chi connectivity index (χ0) is 27.6. The Labute approximate surface area is 222 Å². The molecule has 0 saturated heterocycles. The molecule has 0 amide bonds. The van der Waals surface area contributed by atoms with Crippen molar-refractivity contribution in [1.82, 2.24) is 0 Å². The van der Waals surface area contributed by atoms with Gasteiger partial charge in [0.05, 0.1) is 72.7 Å². The average Bonchev–Trinajstić information content (AvgIpc) is 2.78. The summed E-state index contributed by atoms with van der Waals surface area (Å²) in [6, 6.07) is 8.34. The second kappa shape index (κ2) is 18.1. The summed E-state index contributed by atoms with van der Waals surface area (Å²) in [5, 5.41) is 0. The predicted octanol–water partition coefficient (Wildman–Crippen LogP) is 3.68. The summed E-state index contributed by atoms with van der Waals surface area (Å²) in [7, 11) is -4.41. The lowest BCUT2D eigenvalue weighted by molar-refractivity contribution is -0.0142. The Bertz CT molecular complexity index is 804. The van der Waals surface area contributed by atoms with Gasteiger partial charge in [-0.15, -0.1) is 0 Å². The molecule has 1 aromatic carbocycles. The van der Waals surface area contributed by atoms with Gasteiger partial charge in [0.15, 0.2) is 0 Å². The Hall–Kier alpha value is -1.31. The van der Waals surface area contributed by atoms with Crippen LogP contribution in [0.5, 0.6) is 5.75 Å². The fraction of sp³-hybridized carbons (Fsp3) is 0.769. The van der Waals surface area contributed by atoms with Crippen molar-refractivity contribution < 1.29 is 45.6 Å². The van der Waals surface area contributed by atoms with Crippen LogP contribution < -0.4 is 4.74 Å². The fourth-order valence-electron chi connectivity index (χ4n) is 3.83. The van der Waals surface area contributed by atoms with Gasteiger partial charge in [-0.2, -0.15) is 8.42 Å². The van der Waals surface area contributed by atoms with Crippen LogP contribution in [0.25, 0.3) is 0 Å². The van der Waals surface area contributed by atoms with Crippen LogP contribution in [0.4, 0.5) is 0 Å². The monoisotopic (exact) mass is 550 g/mol. The van der Waals surface area contributed by atoms with Gasteiger partial charge in [0.2, 0.25) is 0 Å². The SMILES string of the molecule is CC(C)(C)CC(C)(C)c1ccc(OCCOCCOCCOCCOCCOCCOS(=O)(=O)O)cc1. The van der Waals surface area contributed by atoms with Gasteiger partial charge in [0.25, 0.3) is 0 Å². The van der Waals surface area contributed by atoms with Crippen LogP contribution in [-0.4, -0.2) is 92.3 Å². The molecule has 0 saturated carbocycles. The van der Waals surface area contributed by atoms with E-state index < -0.39 is 10.4 Å². The first-order chi connectivity index (χ1) is 17.4. The standard InChI is InChI=1S/C26H46O10S/c1-25(2,3)22-26(4,5)23-6-8-24(9-7-23)35-20-18-33-16-14-31-12-10-30-11-13-32-15-17-34-19-21-36-37(27,28)29/h6-9H,10-22H2,1-5H3,(H,27,28,29). The van der Waals surface area contributed by atoms with E-state index in [0.717, 1.165) is 12.2 Å². The third-order valence-electron chi connectivity index (χ3n) is 5.05. The Morgan fingerprint density at radius 1 is 0.622 bits per heavy atom. The van der Waals surface area contributed by atoms with Crippen molar-refractivity contribution in [3.8, 4) is 5.75 Å². The first-order valence-corrected chi connectivity index (χ1v) is 14.0. The van der Waals surface area contributed by atoms with Gasteiger partial charge in [-0.05, 0) is 34.9 Å².